The summed E-state index contributed by atoms with van der Waals surface area (Å²) in [6, 6.07) is 5.90. The SMILES string of the molecule is Cc1c(Cn2c(=O)n(C3CC3)c3ccncc32)nc2cc(Cl)ccn12. The zero-order valence-corrected chi connectivity index (χ0v) is 14.4. The van der Waals surface area contributed by atoms with E-state index in [0.29, 0.717) is 17.6 Å². The zero-order valence-electron chi connectivity index (χ0n) is 13.7. The third-order valence-electron chi connectivity index (χ3n) is 4.91. The number of aryl methyl sites for hydroxylation is 1. The Kier molecular flexibility index (Phi) is 3.06. The fraction of sp³-hybridized carbons (Fsp3) is 0.278. The molecule has 7 heteroatoms. The largest absolute Gasteiger partial charge is 0.329 e. The molecule has 0 saturated heterocycles. The van der Waals surface area contributed by atoms with Crippen molar-refractivity contribution in [2.24, 2.45) is 0 Å². The van der Waals surface area contributed by atoms with Crippen LogP contribution in [0, 0.1) is 6.92 Å². The number of pyridine rings is 2. The summed E-state index contributed by atoms with van der Waals surface area (Å²) in [5, 5.41) is 0.649. The van der Waals surface area contributed by atoms with Crippen LogP contribution < -0.4 is 5.69 Å². The molecule has 1 aliphatic rings. The highest BCUT2D eigenvalue weighted by atomic mass is 35.5. The van der Waals surface area contributed by atoms with Crippen molar-refractivity contribution in [2.45, 2.75) is 32.4 Å². The number of rotatable bonds is 3. The second kappa shape index (κ2) is 5.20. The Labute approximate surface area is 148 Å². The van der Waals surface area contributed by atoms with Gasteiger partial charge in [-0.1, -0.05) is 11.6 Å². The number of hydrogen-bond donors (Lipinski definition) is 0. The first-order valence-corrected chi connectivity index (χ1v) is 8.69. The Morgan fingerprint density at radius 3 is 2.92 bits per heavy atom. The number of halogens is 1. The third kappa shape index (κ3) is 2.21. The van der Waals surface area contributed by atoms with E-state index in [4.69, 9.17) is 11.6 Å². The van der Waals surface area contributed by atoms with Crippen LogP contribution in [0.1, 0.15) is 30.3 Å². The van der Waals surface area contributed by atoms with Crippen LogP contribution in [0.25, 0.3) is 16.7 Å². The molecule has 0 unspecified atom stereocenters. The van der Waals surface area contributed by atoms with Crippen LogP contribution in [0.15, 0.2) is 41.6 Å². The van der Waals surface area contributed by atoms with Crippen molar-refractivity contribution >= 4 is 28.3 Å². The molecule has 4 heterocycles. The smallest absolute Gasteiger partial charge is 0.304 e. The predicted octanol–water partition coefficient (Wildman–Crippen LogP) is 3.19. The van der Waals surface area contributed by atoms with Crippen molar-refractivity contribution in [1.82, 2.24) is 23.5 Å². The van der Waals surface area contributed by atoms with Crippen LogP contribution >= 0.6 is 11.6 Å². The second-order valence-electron chi connectivity index (χ2n) is 6.55. The fourth-order valence-corrected chi connectivity index (χ4v) is 3.61. The molecule has 0 aliphatic heterocycles. The molecule has 1 fully saturated rings. The number of nitrogens with zero attached hydrogens (tertiary/aromatic N) is 5. The average Bonchev–Trinajstić information content (AvgIpc) is 3.34. The Morgan fingerprint density at radius 1 is 1.28 bits per heavy atom. The van der Waals surface area contributed by atoms with Gasteiger partial charge in [0.15, 0.2) is 0 Å². The van der Waals surface area contributed by atoms with E-state index in [9.17, 15) is 4.79 Å². The van der Waals surface area contributed by atoms with Gasteiger partial charge in [-0.05, 0) is 31.9 Å². The van der Waals surface area contributed by atoms with Gasteiger partial charge in [0.1, 0.15) is 5.65 Å². The van der Waals surface area contributed by atoms with Gasteiger partial charge in [0.2, 0.25) is 0 Å². The van der Waals surface area contributed by atoms with Crippen LogP contribution in [-0.2, 0) is 6.54 Å². The molecule has 6 nitrogen and oxygen atoms in total. The Hall–Kier alpha value is -2.60. The minimum Gasteiger partial charge on any atom is -0.304 e. The minimum atomic E-state index is 0.0139. The summed E-state index contributed by atoms with van der Waals surface area (Å²) in [6.45, 7) is 2.43. The van der Waals surface area contributed by atoms with E-state index < -0.39 is 0 Å². The molecule has 0 amide bonds. The molecule has 126 valence electrons. The molecule has 0 aromatic carbocycles. The number of hydrogen-bond acceptors (Lipinski definition) is 3. The molecular weight excluding hydrogens is 338 g/mol. The van der Waals surface area contributed by atoms with E-state index in [2.05, 4.69) is 9.97 Å². The van der Waals surface area contributed by atoms with Crippen LogP contribution in [0.5, 0.6) is 0 Å². The molecule has 0 N–H and O–H groups in total. The molecule has 25 heavy (non-hydrogen) atoms. The molecule has 5 rings (SSSR count). The first kappa shape index (κ1) is 14.7. The highest BCUT2D eigenvalue weighted by molar-refractivity contribution is 6.30. The van der Waals surface area contributed by atoms with E-state index >= 15 is 0 Å². The summed E-state index contributed by atoms with van der Waals surface area (Å²) in [5.41, 5.74) is 4.48. The van der Waals surface area contributed by atoms with Crippen LogP contribution in [-0.4, -0.2) is 23.5 Å². The first-order valence-electron chi connectivity index (χ1n) is 8.31. The van der Waals surface area contributed by atoms with E-state index in [1.807, 2.05) is 40.3 Å². The summed E-state index contributed by atoms with van der Waals surface area (Å²) in [7, 11) is 0. The number of fused-ring (bicyclic) bond motifs is 2. The van der Waals surface area contributed by atoms with Crippen molar-refractivity contribution in [3.63, 3.8) is 0 Å². The second-order valence-corrected chi connectivity index (χ2v) is 6.99. The first-order chi connectivity index (χ1) is 12.1. The maximum Gasteiger partial charge on any atom is 0.329 e. The molecule has 0 bridgehead atoms. The lowest BCUT2D eigenvalue weighted by atomic mass is 10.3. The fourth-order valence-electron chi connectivity index (χ4n) is 3.46. The Morgan fingerprint density at radius 2 is 2.12 bits per heavy atom. The molecule has 4 aromatic rings. The van der Waals surface area contributed by atoms with Crippen molar-refractivity contribution in [2.75, 3.05) is 0 Å². The van der Waals surface area contributed by atoms with E-state index in [0.717, 1.165) is 40.9 Å². The topological polar surface area (TPSA) is 57.1 Å². The van der Waals surface area contributed by atoms with Crippen LogP contribution in [0.2, 0.25) is 5.02 Å². The Bertz CT molecular complexity index is 1180. The van der Waals surface area contributed by atoms with Gasteiger partial charge in [-0.3, -0.25) is 14.1 Å². The summed E-state index contributed by atoms with van der Waals surface area (Å²) in [4.78, 5) is 21.9. The van der Waals surface area contributed by atoms with E-state index in [-0.39, 0.29) is 5.69 Å². The highest BCUT2D eigenvalue weighted by Crippen LogP contribution is 2.36. The normalized spacial score (nSPS) is 14.6. The molecule has 0 radical (unpaired) electrons. The summed E-state index contributed by atoms with van der Waals surface area (Å²) in [5.74, 6) is 0. The molecule has 4 aromatic heterocycles. The minimum absolute atomic E-state index is 0.0139. The molecule has 1 saturated carbocycles. The number of aromatic nitrogens is 5. The predicted molar refractivity (Wildman–Crippen MR) is 96.3 cm³/mol. The lowest BCUT2D eigenvalue weighted by molar-refractivity contribution is 0.666. The van der Waals surface area contributed by atoms with Crippen LogP contribution in [0.4, 0.5) is 0 Å². The van der Waals surface area contributed by atoms with E-state index in [1.165, 1.54) is 0 Å². The molecule has 1 aliphatic carbocycles. The third-order valence-corrected chi connectivity index (χ3v) is 5.15. The average molecular weight is 354 g/mol. The van der Waals surface area contributed by atoms with Gasteiger partial charge in [0.25, 0.3) is 0 Å². The zero-order chi connectivity index (χ0) is 17.1. The standard InChI is InChI=1S/C18H16ClN5O/c1-11-14(21-17-8-12(19)5-7-22(11)17)10-23-16-9-20-6-4-15(16)24(18(23)25)13-2-3-13/h4-9,13H,2-3,10H2,1H3. The van der Waals surface area contributed by atoms with Crippen molar-refractivity contribution in [3.05, 3.63) is 63.7 Å². The maximum absolute atomic E-state index is 13.0. The van der Waals surface area contributed by atoms with Crippen molar-refractivity contribution in [1.29, 1.82) is 0 Å². The van der Waals surface area contributed by atoms with Gasteiger partial charge >= 0.3 is 5.69 Å². The number of imidazole rings is 2. The highest BCUT2D eigenvalue weighted by Gasteiger charge is 2.29. The lowest BCUT2D eigenvalue weighted by Gasteiger charge is -2.02. The molecule has 0 atom stereocenters. The lowest BCUT2D eigenvalue weighted by Crippen LogP contribution is -2.24. The summed E-state index contributed by atoms with van der Waals surface area (Å²) >= 11 is 6.07. The van der Waals surface area contributed by atoms with E-state index in [1.54, 1.807) is 17.0 Å². The van der Waals surface area contributed by atoms with Crippen LogP contribution in [0.3, 0.4) is 0 Å². The summed E-state index contributed by atoms with van der Waals surface area (Å²) in [6.07, 6.45) is 7.53. The monoisotopic (exact) mass is 353 g/mol. The van der Waals surface area contributed by atoms with Gasteiger partial charge in [-0.15, -0.1) is 0 Å². The van der Waals surface area contributed by atoms with Gasteiger partial charge in [0.05, 0.1) is 29.5 Å². The van der Waals surface area contributed by atoms with Gasteiger partial charge in [0, 0.05) is 35.2 Å². The van der Waals surface area contributed by atoms with Gasteiger partial charge < -0.3 is 4.40 Å². The quantitative estimate of drug-likeness (QED) is 0.568. The Balaban J connectivity index is 1.69. The van der Waals surface area contributed by atoms with Gasteiger partial charge in [-0.25, -0.2) is 9.78 Å². The van der Waals surface area contributed by atoms with Gasteiger partial charge in [-0.2, -0.15) is 0 Å². The molecule has 0 spiro atoms. The maximum atomic E-state index is 13.0. The van der Waals surface area contributed by atoms with Crippen molar-refractivity contribution < 1.29 is 0 Å². The van der Waals surface area contributed by atoms with Crippen molar-refractivity contribution in [3.8, 4) is 0 Å². The summed E-state index contributed by atoms with van der Waals surface area (Å²) < 4.78 is 5.67. The molecular formula is C18H16ClN5O.